The second kappa shape index (κ2) is 6.49. The second-order valence-corrected chi connectivity index (χ2v) is 5.58. The standard InChI is InChI=1S/C18H18FNO4/c1-22-12-7-8-13(16(9-12)23-2)17(21)20-18(10-24-11-18)14-5-3-4-6-15(14)19/h3-9H,10-11H2,1-2H3,(H,20,21). The minimum Gasteiger partial charge on any atom is -0.497 e. The summed E-state index contributed by atoms with van der Waals surface area (Å²) >= 11 is 0. The van der Waals surface area contributed by atoms with E-state index in [1.165, 1.54) is 20.3 Å². The van der Waals surface area contributed by atoms with E-state index in [1.54, 1.807) is 36.4 Å². The highest BCUT2D eigenvalue weighted by atomic mass is 19.1. The number of hydrogen-bond acceptors (Lipinski definition) is 4. The normalized spacial score (nSPS) is 15.3. The number of nitrogens with one attached hydrogen (secondary N) is 1. The predicted molar refractivity (Wildman–Crippen MR) is 85.9 cm³/mol. The first-order chi connectivity index (χ1) is 11.6. The van der Waals surface area contributed by atoms with Gasteiger partial charge in [-0.2, -0.15) is 0 Å². The van der Waals surface area contributed by atoms with Gasteiger partial charge in [0, 0.05) is 11.6 Å². The third-order valence-electron chi connectivity index (χ3n) is 4.09. The van der Waals surface area contributed by atoms with Crippen molar-refractivity contribution in [2.45, 2.75) is 5.54 Å². The molecular weight excluding hydrogens is 313 g/mol. The Morgan fingerprint density at radius 1 is 1.17 bits per heavy atom. The van der Waals surface area contributed by atoms with Gasteiger partial charge in [-0.25, -0.2) is 4.39 Å². The van der Waals surface area contributed by atoms with E-state index in [2.05, 4.69) is 5.32 Å². The molecule has 24 heavy (non-hydrogen) atoms. The van der Waals surface area contributed by atoms with Gasteiger partial charge in [0.25, 0.3) is 5.91 Å². The van der Waals surface area contributed by atoms with Crippen molar-refractivity contribution in [3.05, 3.63) is 59.4 Å². The Bertz CT molecular complexity index is 758. The number of benzene rings is 2. The van der Waals surface area contributed by atoms with Crippen molar-refractivity contribution >= 4 is 5.91 Å². The van der Waals surface area contributed by atoms with Crippen molar-refractivity contribution in [1.29, 1.82) is 0 Å². The van der Waals surface area contributed by atoms with Gasteiger partial charge in [-0.1, -0.05) is 18.2 Å². The first-order valence-corrected chi connectivity index (χ1v) is 7.47. The van der Waals surface area contributed by atoms with Gasteiger partial charge in [0.15, 0.2) is 0 Å². The van der Waals surface area contributed by atoms with Gasteiger partial charge in [-0.3, -0.25) is 4.79 Å². The molecule has 0 aromatic heterocycles. The van der Waals surface area contributed by atoms with Crippen LogP contribution in [-0.2, 0) is 10.3 Å². The minimum absolute atomic E-state index is 0.220. The Labute approximate surface area is 139 Å². The quantitative estimate of drug-likeness (QED) is 0.915. The first kappa shape index (κ1) is 16.3. The van der Waals surface area contributed by atoms with E-state index in [9.17, 15) is 9.18 Å². The lowest BCUT2D eigenvalue weighted by molar-refractivity contribution is -0.0749. The maximum absolute atomic E-state index is 14.2. The molecular formula is C18H18FNO4. The third kappa shape index (κ3) is 2.80. The molecule has 0 aliphatic carbocycles. The van der Waals surface area contributed by atoms with E-state index in [-0.39, 0.29) is 24.9 Å². The molecule has 6 heteroatoms. The van der Waals surface area contributed by atoms with Crippen LogP contribution in [0.25, 0.3) is 0 Å². The molecule has 1 aliphatic heterocycles. The number of amides is 1. The lowest BCUT2D eigenvalue weighted by Gasteiger charge is -2.42. The summed E-state index contributed by atoms with van der Waals surface area (Å²) in [6.45, 7) is 0.441. The van der Waals surface area contributed by atoms with Crippen LogP contribution in [0.4, 0.5) is 4.39 Å². The summed E-state index contributed by atoms with van der Waals surface area (Å²) in [5.74, 6) is 0.235. The largest absolute Gasteiger partial charge is 0.497 e. The number of methoxy groups -OCH3 is 2. The predicted octanol–water partition coefficient (Wildman–Crippen LogP) is 2.50. The average Bonchev–Trinajstić information content (AvgIpc) is 2.58. The number of rotatable bonds is 5. The average molecular weight is 331 g/mol. The van der Waals surface area contributed by atoms with Crippen LogP contribution in [0.2, 0.25) is 0 Å². The Morgan fingerprint density at radius 3 is 2.50 bits per heavy atom. The van der Waals surface area contributed by atoms with Crippen LogP contribution in [-0.4, -0.2) is 33.3 Å². The highest BCUT2D eigenvalue weighted by Gasteiger charge is 2.44. The molecule has 2 aromatic carbocycles. The molecule has 0 saturated carbocycles. The van der Waals surface area contributed by atoms with Gasteiger partial charge < -0.3 is 19.5 Å². The molecule has 1 heterocycles. The number of hydrogen-bond donors (Lipinski definition) is 1. The Hall–Kier alpha value is -2.60. The summed E-state index contributed by atoms with van der Waals surface area (Å²) in [6.07, 6.45) is 0. The monoisotopic (exact) mass is 331 g/mol. The fourth-order valence-corrected chi connectivity index (χ4v) is 2.72. The van der Waals surface area contributed by atoms with E-state index in [1.807, 2.05) is 0 Å². The molecule has 1 saturated heterocycles. The van der Waals surface area contributed by atoms with Crippen LogP contribution in [0.5, 0.6) is 11.5 Å². The molecule has 0 atom stereocenters. The summed E-state index contributed by atoms with van der Waals surface area (Å²) in [7, 11) is 3.01. The Morgan fingerprint density at radius 2 is 1.92 bits per heavy atom. The maximum Gasteiger partial charge on any atom is 0.255 e. The first-order valence-electron chi connectivity index (χ1n) is 7.47. The van der Waals surface area contributed by atoms with Crippen LogP contribution in [0.15, 0.2) is 42.5 Å². The summed E-state index contributed by atoms with van der Waals surface area (Å²) in [5.41, 5.74) is -0.106. The van der Waals surface area contributed by atoms with Gasteiger partial charge in [-0.05, 0) is 18.2 Å². The Balaban J connectivity index is 1.90. The fraction of sp³-hybridized carbons (Fsp3) is 0.278. The summed E-state index contributed by atoms with van der Waals surface area (Å²) in [5, 5.41) is 2.89. The van der Waals surface area contributed by atoms with Crippen molar-refractivity contribution in [3.8, 4) is 11.5 Å². The van der Waals surface area contributed by atoms with Gasteiger partial charge in [0.1, 0.15) is 22.9 Å². The van der Waals surface area contributed by atoms with Crippen molar-refractivity contribution in [1.82, 2.24) is 5.32 Å². The zero-order chi connectivity index (χ0) is 17.2. The van der Waals surface area contributed by atoms with Crippen LogP contribution < -0.4 is 14.8 Å². The zero-order valence-electron chi connectivity index (χ0n) is 13.5. The number of ether oxygens (including phenoxy) is 3. The van der Waals surface area contributed by atoms with Gasteiger partial charge in [0.2, 0.25) is 0 Å². The number of halogens is 1. The van der Waals surface area contributed by atoms with E-state index in [0.29, 0.717) is 22.6 Å². The summed E-state index contributed by atoms with van der Waals surface area (Å²) < 4.78 is 29.8. The molecule has 0 bridgehead atoms. The fourth-order valence-electron chi connectivity index (χ4n) is 2.72. The molecule has 1 aliphatic rings. The molecule has 1 amide bonds. The smallest absolute Gasteiger partial charge is 0.255 e. The van der Waals surface area contributed by atoms with Crippen LogP contribution >= 0.6 is 0 Å². The Kier molecular flexibility index (Phi) is 4.40. The second-order valence-electron chi connectivity index (χ2n) is 5.58. The van der Waals surface area contributed by atoms with Crippen LogP contribution in [0.1, 0.15) is 15.9 Å². The van der Waals surface area contributed by atoms with Gasteiger partial charge in [0.05, 0.1) is 33.0 Å². The van der Waals surface area contributed by atoms with E-state index < -0.39 is 5.54 Å². The van der Waals surface area contributed by atoms with Crippen molar-refractivity contribution in [2.75, 3.05) is 27.4 Å². The summed E-state index contributed by atoms with van der Waals surface area (Å²) in [6, 6.07) is 11.3. The molecule has 0 spiro atoms. The van der Waals surface area contributed by atoms with E-state index in [4.69, 9.17) is 14.2 Å². The molecule has 126 valence electrons. The van der Waals surface area contributed by atoms with Gasteiger partial charge >= 0.3 is 0 Å². The molecule has 0 unspecified atom stereocenters. The van der Waals surface area contributed by atoms with Crippen molar-refractivity contribution in [3.63, 3.8) is 0 Å². The van der Waals surface area contributed by atoms with Crippen molar-refractivity contribution in [2.24, 2.45) is 0 Å². The molecule has 3 rings (SSSR count). The van der Waals surface area contributed by atoms with Crippen molar-refractivity contribution < 1.29 is 23.4 Å². The van der Waals surface area contributed by atoms with Gasteiger partial charge in [-0.15, -0.1) is 0 Å². The molecule has 5 nitrogen and oxygen atoms in total. The molecule has 0 radical (unpaired) electrons. The maximum atomic E-state index is 14.2. The van der Waals surface area contributed by atoms with Crippen LogP contribution in [0, 0.1) is 5.82 Å². The topological polar surface area (TPSA) is 56.8 Å². The summed E-state index contributed by atoms with van der Waals surface area (Å²) in [4.78, 5) is 12.7. The minimum atomic E-state index is -0.868. The SMILES string of the molecule is COc1ccc(C(=O)NC2(c3ccccc3F)COC2)c(OC)c1. The number of carbonyl (C=O) groups is 1. The lowest BCUT2D eigenvalue weighted by atomic mass is 9.87. The highest BCUT2D eigenvalue weighted by Crippen LogP contribution is 2.33. The molecule has 1 fully saturated rings. The van der Waals surface area contributed by atoms with E-state index in [0.717, 1.165) is 0 Å². The zero-order valence-corrected chi connectivity index (χ0v) is 13.5. The molecule has 1 N–H and O–H groups in total. The van der Waals surface area contributed by atoms with E-state index >= 15 is 0 Å². The molecule has 2 aromatic rings. The lowest BCUT2D eigenvalue weighted by Crippen LogP contribution is -2.59. The highest BCUT2D eigenvalue weighted by molar-refractivity contribution is 5.97. The number of carbonyl (C=O) groups excluding carboxylic acids is 1. The third-order valence-corrected chi connectivity index (χ3v) is 4.09. The van der Waals surface area contributed by atoms with Crippen LogP contribution in [0.3, 0.4) is 0 Å².